The number of anilines is 4. The van der Waals surface area contributed by atoms with Crippen LogP contribution in [0.15, 0.2) is 42.6 Å². The molecular formula is C15H18N4O3S. The predicted octanol–water partition coefficient (Wildman–Crippen LogP) is 2.55. The number of carbonyl (C=O) groups excluding carboxylic acids is 1. The van der Waals surface area contributed by atoms with E-state index < -0.39 is 10.0 Å². The Morgan fingerprint density at radius 3 is 2.17 bits per heavy atom. The lowest BCUT2D eigenvalue weighted by Gasteiger charge is -2.09. The molecule has 122 valence electrons. The highest BCUT2D eigenvalue weighted by Crippen LogP contribution is 2.19. The molecular weight excluding hydrogens is 316 g/mol. The molecule has 2 rings (SSSR count). The number of hydrogen-bond acceptors (Lipinski definition) is 5. The summed E-state index contributed by atoms with van der Waals surface area (Å²) >= 11 is 0. The molecule has 0 bridgehead atoms. The SMILES string of the molecule is CCS(=O)(=O)Nc1ccc(Nc2ccc(NC(C)=O)cc2)nc1. The molecule has 0 spiro atoms. The Labute approximate surface area is 135 Å². The summed E-state index contributed by atoms with van der Waals surface area (Å²) in [6.07, 6.45) is 1.45. The minimum absolute atomic E-state index is 0.00759. The van der Waals surface area contributed by atoms with Crippen molar-refractivity contribution in [3.63, 3.8) is 0 Å². The van der Waals surface area contributed by atoms with Crippen molar-refractivity contribution < 1.29 is 13.2 Å². The Bertz CT molecular complexity index is 771. The first-order chi connectivity index (χ1) is 10.9. The molecule has 0 aliphatic rings. The van der Waals surface area contributed by atoms with E-state index >= 15 is 0 Å². The van der Waals surface area contributed by atoms with E-state index in [-0.39, 0.29) is 11.7 Å². The highest BCUT2D eigenvalue weighted by Gasteiger charge is 2.06. The van der Waals surface area contributed by atoms with Crippen molar-refractivity contribution in [2.75, 3.05) is 21.1 Å². The second-order valence-corrected chi connectivity index (χ2v) is 6.83. The van der Waals surface area contributed by atoms with Crippen LogP contribution in [0.2, 0.25) is 0 Å². The molecule has 0 aliphatic carbocycles. The van der Waals surface area contributed by atoms with Crippen LogP contribution in [0.25, 0.3) is 0 Å². The quantitative estimate of drug-likeness (QED) is 0.754. The number of nitrogens with one attached hydrogen (secondary N) is 3. The third-order valence-corrected chi connectivity index (χ3v) is 4.20. The largest absolute Gasteiger partial charge is 0.340 e. The molecule has 0 atom stereocenters. The summed E-state index contributed by atoms with van der Waals surface area (Å²) in [6.45, 7) is 3.01. The van der Waals surface area contributed by atoms with Gasteiger partial charge in [-0.25, -0.2) is 13.4 Å². The maximum absolute atomic E-state index is 11.5. The van der Waals surface area contributed by atoms with Crippen LogP contribution in [-0.4, -0.2) is 25.1 Å². The van der Waals surface area contributed by atoms with Crippen molar-refractivity contribution in [1.29, 1.82) is 0 Å². The molecule has 2 aromatic rings. The summed E-state index contributed by atoms with van der Waals surface area (Å²) in [4.78, 5) is 15.1. The van der Waals surface area contributed by atoms with Crippen LogP contribution in [0.1, 0.15) is 13.8 Å². The summed E-state index contributed by atoms with van der Waals surface area (Å²) in [5, 5.41) is 5.77. The summed E-state index contributed by atoms with van der Waals surface area (Å²) < 4.78 is 25.4. The average Bonchev–Trinajstić information content (AvgIpc) is 2.50. The van der Waals surface area contributed by atoms with Crippen molar-refractivity contribution >= 4 is 38.8 Å². The monoisotopic (exact) mass is 334 g/mol. The van der Waals surface area contributed by atoms with E-state index in [4.69, 9.17) is 0 Å². The molecule has 7 nitrogen and oxygen atoms in total. The van der Waals surface area contributed by atoms with Gasteiger partial charge in [-0.2, -0.15) is 0 Å². The summed E-state index contributed by atoms with van der Waals surface area (Å²) in [5.74, 6) is 0.461. The van der Waals surface area contributed by atoms with Gasteiger partial charge in [-0.05, 0) is 43.3 Å². The van der Waals surface area contributed by atoms with E-state index in [0.717, 1.165) is 5.69 Å². The zero-order valence-corrected chi connectivity index (χ0v) is 13.6. The number of benzene rings is 1. The molecule has 3 N–H and O–H groups in total. The van der Waals surface area contributed by atoms with E-state index in [2.05, 4.69) is 20.3 Å². The maximum atomic E-state index is 11.5. The van der Waals surface area contributed by atoms with E-state index in [1.165, 1.54) is 13.1 Å². The molecule has 23 heavy (non-hydrogen) atoms. The third-order valence-electron chi connectivity index (χ3n) is 2.89. The van der Waals surface area contributed by atoms with Crippen LogP contribution in [0.4, 0.5) is 22.9 Å². The van der Waals surface area contributed by atoms with Crippen LogP contribution in [0.3, 0.4) is 0 Å². The first kappa shape index (κ1) is 16.8. The standard InChI is InChI=1S/C15H18N4O3S/c1-3-23(21,22)19-14-8-9-15(16-10-14)18-13-6-4-12(5-7-13)17-11(2)20/h4-10,19H,3H2,1-2H3,(H,16,18)(H,17,20). The first-order valence-electron chi connectivity index (χ1n) is 6.99. The molecule has 1 aromatic carbocycles. The Morgan fingerprint density at radius 1 is 1.04 bits per heavy atom. The van der Waals surface area contributed by atoms with Crippen LogP contribution in [0.5, 0.6) is 0 Å². The van der Waals surface area contributed by atoms with Crippen LogP contribution < -0.4 is 15.4 Å². The Kier molecular flexibility index (Phi) is 5.17. The van der Waals surface area contributed by atoms with Gasteiger partial charge in [0.2, 0.25) is 15.9 Å². The minimum atomic E-state index is -3.30. The van der Waals surface area contributed by atoms with Gasteiger partial charge in [-0.15, -0.1) is 0 Å². The first-order valence-corrected chi connectivity index (χ1v) is 8.64. The number of nitrogens with zero attached hydrogens (tertiary/aromatic N) is 1. The molecule has 0 fully saturated rings. The highest BCUT2D eigenvalue weighted by atomic mass is 32.2. The number of sulfonamides is 1. The van der Waals surface area contributed by atoms with Crippen molar-refractivity contribution in [2.24, 2.45) is 0 Å². The van der Waals surface area contributed by atoms with Gasteiger partial charge in [-0.3, -0.25) is 9.52 Å². The van der Waals surface area contributed by atoms with Crippen LogP contribution >= 0.6 is 0 Å². The third kappa shape index (κ3) is 5.26. The van der Waals surface area contributed by atoms with Gasteiger partial charge >= 0.3 is 0 Å². The summed E-state index contributed by atoms with van der Waals surface area (Å²) in [7, 11) is -3.30. The van der Waals surface area contributed by atoms with Crippen molar-refractivity contribution in [3.05, 3.63) is 42.6 Å². The molecule has 0 saturated carbocycles. The second kappa shape index (κ2) is 7.10. The number of carbonyl (C=O) groups is 1. The molecule has 8 heteroatoms. The zero-order valence-electron chi connectivity index (χ0n) is 12.8. The van der Waals surface area contributed by atoms with Crippen molar-refractivity contribution in [1.82, 2.24) is 4.98 Å². The Balaban J connectivity index is 2.02. The van der Waals surface area contributed by atoms with E-state index in [1.54, 1.807) is 43.3 Å². The number of rotatable bonds is 6. The lowest BCUT2D eigenvalue weighted by molar-refractivity contribution is -0.114. The van der Waals surface area contributed by atoms with E-state index in [1.807, 2.05) is 0 Å². The molecule has 0 radical (unpaired) electrons. The summed E-state index contributed by atoms with van der Waals surface area (Å²) in [5.41, 5.74) is 1.92. The normalized spacial score (nSPS) is 10.9. The zero-order chi connectivity index (χ0) is 16.9. The van der Waals surface area contributed by atoms with Gasteiger partial charge in [0.1, 0.15) is 5.82 Å². The van der Waals surface area contributed by atoms with Gasteiger partial charge < -0.3 is 10.6 Å². The Hall–Kier alpha value is -2.61. The van der Waals surface area contributed by atoms with E-state index in [9.17, 15) is 13.2 Å². The van der Waals surface area contributed by atoms with Crippen LogP contribution in [0, 0.1) is 0 Å². The van der Waals surface area contributed by atoms with Gasteiger partial charge in [-0.1, -0.05) is 0 Å². The predicted molar refractivity (Wildman–Crippen MR) is 91.3 cm³/mol. The fourth-order valence-corrected chi connectivity index (χ4v) is 2.39. The topological polar surface area (TPSA) is 100 Å². The molecule has 0 saturated heterocycles. The lowest BCUT2D eigenvalue weighted by atomic mass is 10.2. The van der Waals surface area contributed by atoms with E-state index in [0.29, 0.717) is 17.2 Å². The smallest absolute Gasteiger partial charge is 0.232 e. The number of amides is 1. The fraction of sp³-hybridized carbons (Fsp3) is 0.200. The van der Waals surface area contributed by atoms with Gasteiger partial charge in [0.25, 0.3) is 0 Å². The number of pyridine rings is 1. The average molecular weight is 334 g/mol. The van der Waals surface area contributed by atoms with Crippen molar-refractivity contribution in [3.8, 4) is 0 Å². The molecule has 0 aliphatic heterocycles. The van der Waals surface area contributed by atoms with Gasteiger partial charge in [0, 0.05) is 18.3 Å². The lowest BCUT2D eigenvalue weighted by Crippen LogP contribution is -2.14. The number of hydrogen-bond donors (Lipinski definition) is 3. The molecule has 1 heterocycles. The van der Waals surface area contributed by atoms with Crippen LogP contribution in [-0.2, 0) is 14.8 Å². The Morgan fingerprint density at radius 2 is 1.65 bits per heavy atom. The molecule has 1 amide bonds. The molecule has 0 unspecified atom stereocenters. The van der Waals surface area contributed by atoms with Gasteiger partial charge in [0.15, 0.2) is 0 Å². The fourth-order valence-electron chi connectivity index (χ4n) is 1.77. The van der Waals surface area contributed by atoms with Crippen molar-refractivity contribution in [2.45, 2.75) is 13.8 Å². The van der Waals surface area contributed by atoms with Gasteiger partial charge in [0.05, 0.1) is 17.6 Å². The second-order valence-electron chi connectivity index (χ2n) is 4.82. The minimum Gasteiger partial charge on any atom is -0.340 e. The summed E-state index contributed by atoms with van der Waals surface area (Å²) in [6, 6.07) is 10.5. The maximum Gasteiger partial charge on any atom is 0.232 e. The molecule has 1 aromatic heterocycles. The highest BCUT2D eigenvalue weighted by molar-refractivity contribution is 7.92. The number of aromatic nitrogens is 1.